The number of carbonyl (C=O) groups is 2. The summed E-state index contributed by atoms with van der Waals surface area (Å²) in [5.74, 6) is -1.67. The van der Waals surface area contributed by atoms with Crippen molar-refractivity contribution in [3.05, 3.63) is 0 Å². The van der Waals surface area contributed by atoms with Gasteiger partial charge < -0.3 is 10.4 Å². The summed E-state index contributed by atoms with van der Waals surface area (Å²) in [5, 5.41) is 11.4. The van der Waals surface area contributed by atoms with Crippen LogP contribution in [0.3, 0.4) is 0 Å². The summed E-state index contributed by atoms with van der Waals surface area (Å²) in [5.41, 5.74) is 0. The first-order valence-corrected chi connectivity index (χ1v) is 4.99. The van der Waals surface area contributed by atoms with Gasteiger partial charge in [0.15, 0.2) is 5.17 Å². The monoisotopic (exact) mass is 202 g/mol. The highest BCUT2D eigenvalue weighted by Gasteiger charge is 2.30. The van der Waals surface area contributed by atoms with E-state index in [1.165, 1.54) is 11.8 Å². The Morgan fingerprint density at radius 2 is 2.31 bits per heavy atom. The standard InChI is InChI=1S/C7H10N2O3S/c1-13-7-8-5(11)4(2-3-10)6(12)9-7/h4,10H,2-3H2,1H3,(H,8,9,11,12). The average molecular weight is 202 g/mol. The Kier molecular flexibility index (Phi) is 3.44. The van der Waals surface area contributed by atoms with E-state index in [1.54, 1.807) is 6.26 Å². The quantitative estimate of drug-likeness (QED) is 0.584. The van der Waals surface area contributed by atoms with Gasteiger partial charge in [0, 0.05) is 6.61 Å². The molecule has 2 amide bonds. The number of hydrogen-bond acceptors (Lipinski definition) is 4. The molecule has 0 saturated carbocycles. The van der Waals surface area contributed by atoms with Gasteiger partial charge in [0.1, 0.15) is 5.92 Å². The van der Waals surface area contributed by atoms with Gasteiger partial charge in [0.2, 0.25) is 5.91 Å². The number of aliphatic hydroxyl groups is 1. The largest absolute Gasteiger partial charge is 0.396 e. The Morgan fingerprint density at radius 3 is 2.77 bits per heavy atom. The van der Waals surface area contributed by atoms with Crippen LogP contribution in [0.5, 0.6) is 0 Å². The van der Waals surface area contributed by atoms with Crippen LogP contribution in [0.4, 0.5) is 0 Å². The molecular formula is C7H10N2O3S. The van der Waals surface area contributed by atoms with Gasteiger partial charge in [-0.15, -0.1) is 0 Å². The maximum atomic E-state index is 11.2. The molecule has 0 spiro atoms. The predicted molar refractivity (Wildman–Crippen MR) is 49.3 cm³/mol. The minimum Gasteiger partial charge on any atom is -0.396 e. The Bertz CT molecular complexity index is 264. The summed E-state index contributed by atoms with van der Waals surface area (Å²) in [7, 11) is 0. The number of nitrogens with one attached hydrogen (secondary N) is 1. The van der Waals surface area contributed by atoms with E-state index >= 15 is 0 Å². The van der Waals surface area contributed by atoms with Gasteiger partial charge in [0.05, 0.1) is 0 Å². The van der Waals surface area contributed by atoms with Crippen molar-refractivity contribution in [3.8, 4) is 0 Å². The molecular weight excluding hydrogens is 192 g/mol. The number of aliphatic hydroxyl groups excluding tert-OH is 1. The first-order valence-electron chi connectivity index (χ1n) is 3.77. The third-order valence-corrected chi connectivity index (χ3v) is 2.25. The molecule has 72 valence electrons. The van der Waals surface area contributed by atoms with Crippen LogP contribution < -0.4 is 5.32 Å². The molecule has 0 fully saturated rings. The Balaban J connectivity index is 2.76. The average Bonchev–Trinajstić information content (AvgIpc) is 2.11. The second-order valence-corrected chi connectivity index (χ2v) is 3.31. The van der Waals surface area contributed by atoms with E-state index in [-0.39, 0.29) is 18.9 Å². The van der Waals surface area contributed by atoms with Crippen LogP contribution >= 0.6 is 11.8 Å². The normalized spacial score (nSPS) is 22.6. The van der Waals surface area contributed by atoms with Gasteiger partial charge in [-0.2, -0.15) is 4.99 Å². The summed E-state index contributed by atoms with van der Waals surface area (Å²) in [6.07, 6.45) is 1.86. The first-order chi connectivity index (χ1) is 6.19. The van der Waals surface area contributed by atoms with Crippen LogP contribution in [-0.4, -0.2) is 35.0 Å². The topological polar surface area (TPSA) is 78.8 Å². The molecule has 6 heteroatoms. The Labute approximate surface area is 79.6 Å². The highest BCUT2D eigenvalue weighted by atomic mass is 32.2. The molecule has 1 rings (SSSR count). The second-order valence-electron chi connectivity index (χ2n) is 2.51. The summed E-state index contributed by atoms with van der Waals surface area (Å²) in [6.45, 7) is -0.187. The third-order valence-electron chi connectivity index (χ3n) is 1.67. The van der Waals surface area contributed by atoms with Crippen molar-refractivity contribution in [2.75, 3.05) is 12.9 Å². The fraction of sp³-hybridized carbons (Fsp3) is 0.571. The molecule has 0 radical (unpaired) electrons. The lowest BCUT2D eigenvalue weighted by Crippen LogP contribution is -2.42. The number of carbonyl (C=O) groups excluding carboxylic acids is 2. The number of rotatable bonds is 2. The second kappa shape index (κ2) is 4.38. The van der Waals surface area contributed by atoms with Crippen LogP contribution in [0, 0.1) is 5.92 Å². The molecule has 1 aliphatic rings. The van der Waals surface area contributed by atoms with Crippen molar-refractivity contribution in [1.82, 2.24) is 5.32 Å². The minimum atomic E-state index is -0.819. The van der Waals surface area contributed by atoms with Gasteiger partial charge >= 0.3 is 0 Å². The van der Waals surface area contributed by atoms with Gasteiger partial charge in [-0.05, 0) is 12.7 Å². The van der Waals surface area contributed by atoms with Crippen molar-refractivity contribution in [2.24, 2.45) is 10.9 Å². The van der Waals surface area contributed by atoms with Crippen LogP contribution in [0.25, 0.3) is 0 Å². The summed E-state index contributed by atoms with van der Waals surface area (Å²) >= 11 is 1.21. The molecule has 1 unspecified atom stereocenters. The van der Waals surface area contributed by atoms with Crippen LogP contribution in [0.1, 0.15) is 6.42 Å². The lowest BCUT2D eigenvalue weighted by atomic mass is 10.0. The van der Waals surface area contributed by atoms with Gasteiger partial charge in [0.25, 0.3) is 5.91 Å². The molecule has 0 saturated heterocycles. The Morgan fingerprint density at radius 1 is 1.62 bits per heavy atom. The molecule has 0 aliphatic carbocycles. The van der Waals surface area contributed by atoms with E-state index < -0.39 is 11.8 Å². The van der Waals surface area contributed by atoms with Crippen molar-refractivity contribution < 1.29 is 14.7 Å². The van der Waals surface area contributed by atoms with Crippen molar-refractivity contribution >= 4 is 28.7 Å². The summed E-state index contributed by atoms with van der Waals surface area (Å²) in [6, 6.07) is 0. The van der Waals surface area contributed by atoms with Crippen molar-refractivity contribution in [1.29, 1.82) is 0 Å². The number of hydrogen-bond donors (Lipinski definition) is 2. The van der Waals surface area contributed by atoms with Gasteiger partial charge in [-0.1, -0.05) is 11.8 Å². The van der Waals surface area contributed by atoms with Crippen LogP contribution in [-0.2, 0) is 9.59 Å². The molecule has 13 heavy (non-hydrogen) atoms. The lowest BCUT2D eigenvalue weighted by Gasteiger charge is -2.17. The van der Waals surface area contributed by atoms with E-state index in [0.29, 0.717) is 5.17 Å². The third kappa shape index (κ3) is 2.28. The smallest absolute Gasteiger partial charge is 0.260 e. The molecule has 0 aromatic carbocycles. The SMILES string of the molecule is CSC1=NC(=O)C(CCO)C(=O)N1. The van der Waals surface area contributed by atoms with Crippen molar-refractivity contribution in [2.45, 2.75) is 6.42 Å². The number of aliphatic imine (C=N–C) groups is 1. The molecule has 0 aromatic rings. The highest BCUT2D eigenvalue weighted by Crippen LogP contribution is 2.12. The zero-order valence-corrected chi connectivity index (χ0v) is 7.93. The maximum absolute atomic E-state index is 11.2. The molecule has 2 N–H and O–H groups in total. The van der Waals surface area contributed by atoms with E-state index in [2.05, 4.69) is 10.3 Å². The van der Waals surface area contributed by atoms with Crippen LogP contribution in [0.15, 0.2) is 4.99 Å². The summed E-state index contributed by atoms with van der Waals surface area (Å²) in [4.78, 5) is 26.1. The van der Waals surface area contributed by atoms with Gasteiger partial charge in [-0.3, -0.25) is 9.59 Å². The van der Waals surface area contributed by atoms with E-state index in [1.807, 2.05) is 0 Å². The number of amides is 2. The maximum Gasteiger partial charge on any atom is 0.260 e. The summed E-state index contributed by atoms with van der Waals surface area (Å²) < 4.78 is 0. The lowest BCUT2D eigenvalue weighted by molar-refractivity contribution is -0.134. The van der Waals surface area contributed by atoms with E-state index in [9.17, 15) is 9.59 Å². The molecule has 0 bridgehead atoms. The van der Waals surface area contributed by atoms with Crippen LogP contribution in [0.2, 0.25) is 0 Å². The molecule has 1 heterocycles. The molecule has 5 nitrogen and oxygen atoms in total. The zero-order chi connectivity index (χ0) is 9.84. The molecule has 0 aromatic heterocycles. The fourth-order valence-corrected chi connectivity index (χ4v) is 1.37. The molecule has 1 aliphatic heterocycles. The van der Waals surface area contributed by atoms with E-state index in [4.69, 9.17) is 5.11 Å². The first kappa shape index (κ1) is 10.2. The Hall–Kier alpha value is -0.880. The van der Waals surface area contributed by atoms with Gasteiger partial charge in [-0.25, -0.2) is 0 Å². The number of nitrogens with zero attached hydrogens (tertiary/aromatic N) is 1. The number of amidine groups is 1. The van der Waals surface area contributed by atoms with E-state index in [0.717, 1.165) is 0 Å². The highest BCUT2D eigenvalue weighted by molar-refractivity contribution is 8.13. The zero-order valence-electron chi connectivity index (χ0n) is 7.11. The van der Waals surface area contributed by atoms with Crippen molar-refractivity contribution in [3.63, 3.8) is 0 Å². The molecule has 1 atom stereocenters. The fourth-order valence-electron chi connectivity index (χ4n) is 0.991. The number of thioether (sulfide) groups is 1. The minimum absolute atomic E-state index is 0.135. The predicted octanol–water partition coefficient (Wildman–Crippen LogP) is -0.640.